The largest absolute Gasteiger partial charge is 0.401 e. The molecule has 2 heteroatoms. The Morgan fingerprint density at radius 1 is 1.11 bits per heavy atom. The van der Waals surface area contributed by atoms with Gasteiger partial charge in [0, 0.05) is 38.6 Å². The van der Waals surface area contributed by atoms with E-state index in [9.17, 15) is 0 Å². The summed E-state index contributed by atoms with van der Waals surface area (Å²) >= 11 is 1.86. The number of hydrogen-bond donors (Lipinski definition) is 1. The van der Waals surface area contributed by atoms with Gasteiger partial charge in [-0.25, -0.2) is 0 Å². The lowest BCUT2D eigenvalue weighted by molar-refractivity contribution is 0.691. The molecule has 2 atom stereocenters. The minimum absolute atomic E-state index is 0.454. The molecule has 4 rings (SSSR count). The summed E-state index contributed by atoms with van der Waals surface area (Å²) in [6, 6.07) is 0. The van der Waals surface area contributed by atoms with E-state index >= 15 is 0 Å². The van der Waals surface area contributed by atoms with E-state index in [4.69, 9.17) is 5.73 Å². The number of fused-ring (bicyclic) bond motifs is 5. The number of rotatable bonds is 0. The lowest BCUT2D eigenvalue weighted by atomic mass is 9.79. The van der Waals surface area contributed by atoms with Crippen LogP contribution >= 0.6 is 11.3 Å². The molecule has 0 spiro atoms. The van der Waals surface area contributed by atoms with Crippen molar-refractivity contribution >= 4 is 29.2 Å². The molecule has 0 saturated carbocycles. The molecule has 1 nitrogen and oxygen atoms in total. The minimum atomic E-state index is 0.454. The summed E-state index contributed by atoms with van der Waals surface area (Å²) in [4.78, 5) is 1.38. The first kappa shape index (κ1) is 11.1. The fraction of sp³-hybridized carbons (Fsp3) is 0.176. The Kier molecular flexibility index (Phi) is 2.39. The Hall–Kier alpha value is -1.80. The predicted molar refractivity (Wildman–Crippen MR) is 82.9 cm³/mol. The van der Waals surface area contributed by atoms with Gasteiger partial charge in [0.25, 0.3) is 0 Å². The summed E-state index contributed by atoms with van der Waals surface area (Å²) in [5.74, 6) is 0.940. The Labute approximate surface area is 116 Å². The van der Waals surface area contributed by atoms with Crippen molar-refractivity contribution < 1.29 is 0 Å². The normalized spacial score (nSPS) is 26.4. The lowest BCUT2D eigenvalue weighted by Gasteiger charge is -2.25. The number of hydrogen-bond acceptors (Lipinski definition) is 2. The van der Waals surface area contributed by atoms with Crippen LogP contribution in [0.4, 0.5) is 0 Å². The van der Waals surface area contributed by atoms with Crippen LogP contribution in [0.3, 0.4) is 0 Å². The summed E-state index contributed by atoms with van der Waals surface area (Å²) in [7, 11) is 0. The topological polar surface area (TPSA) is 26.0 Å². The third kappa shape index (κ3) is 1.60. The second-order valence-corrected chi connectivity index (χ2v) is 6.26. The maximum atomic E-state index is 6.32. The fourth-order valence-corrected chi connectivity index (χ4v) is 4.35. The van der Waals surface area contributed by atoms with Crippen molar-refractivity contribution in [2.24, 2.45) is 11.7 Å². The van der Waals surface area contributed by atoms with E-state index < -0.39 is 0 Å². The van der Waals surface area contributed by atoms with Gasteiger partial charge in [0.2, 0.25) is 0 Å². The average Bonchev–Trinajstić information content (AvgIpc) is 2.73. The molecule has 0 radical (unpaired) electrons. The highest BCUT2D eigenvalue weighted by Crippen LogP contribution is 2.37. The number of nitrogens with two attached hydrogens (primary N) is 1. The molecule has 1 aromatic rings. The van der Waals surface area contributed by atoms with Gasteiger partial charge in [-0.1, -0.05) is 42.5 Å². The summed E-state index contributed by atoms with van der Waals surface area (Å²) in [6.07, 6.45) is 20.8. The zero-order valence-electron chi connectivity index (χ0n) is 10.5. The summed E-state index contributed by atoms with van der Waals surface area (Å²) < 4.78 is 1.31. The van der Waals surface area contributed by atoms with Crippen molar-refractivity contribution in [3.05, 3.63) is 62.7 Å². The molecule has 0 bridgehead atoms. The lowest BCUT2D eigenvalue weighted by Crippen LogP contribution is -2.30. The van der Waals surface area contributed by atoms with Crippen LogP contribution in [-0.4, -0.2) is 0 Å². The number of thiophene rings is 1. The van der Waals surface area contributed by atoms with E-state index in [1.807, 2.05) is 11.3 Å². The molecule has 94 valence electrons. The zero-order chi connectivity index (χ0) is 12.8. The van der Waals surface area contributed by atoms with Gasteiger partial charge < -0.3 is 5.73 Å². The Morgan fingerprint density at radius 2 is 2.00 bits per heavy atom. The first-order chi connectivity index (χ1) is 9.34. The Balaban J connectivity index is 2.07. The molecule has 0 fully saturated rings. The monoisotopic (exact) mass is 265 g/mol. The van der Waals surface area contributed by atoms with E-state index in [1.165, 1.54) is 20.2 Å². The number of allylic oxidation sites excluding steroid dienone is 6. The van der Waals surface area contributed by atoms with Crippen LogP contribution in [0.2, 0.25) is 0 Å². The molecule has 2 unspecified atom stereocenters. The van der Waals surface area contributed by atoms with Crippen LogP contribution in [0.1, 0.15) is 22.8 Å². The van der Waals surface area contributed by atoms with E-state index in [0.29, 0.717) is 11.8 Å². The molecule has 0 aliphatic heterocycles. The standard InChI is InChI=1S/C17H15NS/c18-13-7-3-4-8-14-17(13)16-12-6-2-1-5-11(12)9-10-15(16)19-14/h1-6,8-12H,7,18H2. The molecule has 3 aliphatic carbocycles. The molecular weight excluding hydrogens is 250 g/mol. The Morgan fingerprint density at radius 3 is 2.95 bits per heavy atom. The Bertz CT molecular complexity index is 771. The van der Waals surface area contributed by atoms with Gasteiger partial charge in [-0.3, -0.25) is 0 Å². The molecule has 1 heterocycles. The smallest absolute Gasteiger partial charge is 0.0369 e. The van der Waals surface area contributed by atoms with Crippen LogP contribution in [0.25, 0.3) is 17.8 Å². The van der Waals surface area contributed by atoms with E-state index in [2.05, 4.69) is 54.7 Å². The van der Waals surface area contributed by atoms with Crippen LogP contribution in [-0.2, 0) is 0 Å². The van der Waals surface area contributed by atoms with Crippen LogP contribution < -0.4 is 15.5 Å². The second-order valence-electron chi connectivity index (χ2n) is 5.18. The molecule has 2 N–H and O–H groups in total. The quantitative estimate of drug-likeness (QED) is 0.766. The summed E-state index contributed by atoms with van der Waals surface area (Å²) in [5, 5.41) is 1.30. The highest BCUT2D eigenvalue weighted by atomic mass is 32.1. The molecule has 0 aromatic carbocycles. The highest BCUT2D eigenvalue weighted by Gasteiger charge is 2.27. The van der Waals surface area contributed by atoms with Gasteiger partial charge in [0.1, 0.15) is 0 Å². The van der Waals surface area contributed by atoms with Crippen molar-refractivity contribution in [2.75, 3.05) is 0 Å². The maximum absolute atomic E-state index is 6.32. The SMILES string of the molecule is NC1=c2c3c(sc2=CC=CC1)C=CC1C=CC=CC31. The summed E-state index contributed by atoms with van der Waals surface area (Å²) in [5.41, 5.74) is 8.77. The van der Waals surface area contributed by atoms with Gasteiger partial charge in [0.05, 0.1) is 0 Å². The maximum Gasteiger partial charge on any atom is 0.0369 e. The molecule has 19 heavy (non-hydrogen) atoms. The average molecular weight is 265 g/mol. The van der Waals surface area contributed by atoms with E-state index in [-0.39, 0.29) is 0 Å². The highest BCUT2D eigenvalue weighted by molar-refractivity contribution is 7.11. The fourth-order valence-electron chi connectivity index (χ4n) is 3.13. The van der Waals surface area contributed by atoms with Crippen molar-refractivity contribution in [1.29, 1.82) is 0 Å². The second kappa shape index (κ2) is 4.10. The molecule has 0 amide bonds. The van der Waals surface area contributed by atoms with Crippen LogP contribution in [0, 0.1) is 5.92 Å². The molecule has 1 aromatic heterocycles. The first-order valence-electron chi connectivity index (χ1n) is 6.66. The first-order valence-corrected chi connectivity index (χ1v) is 7.47. The van der Waals surface area contributed by atoms with Gasteiger partial charge in [-0.2, -0.15) is 0 Å². The molecule has 0 saturated heterocycles. The predicted octanol–water partition coefficient (Wildman–Crippen LogP) is 2.41. The van der Waals surface area contributed by atoms with Crippen molar-refractivity contribution in [3.8, 4) is 0 Å². The molecular formula is C17H15NS. The molecule has 3 aliphatic rings. The van der Waals surface area contributed by atoms with Gasteiger partial charge in [0.15, 0.2) is 0 Å². The minimum Gasteiger partial charge on any atom is -0.401 e. The van der Waals surface area contributed by atoms with Crippen LogP contribution in [0.15, 0.2) is 42.5 Å². The third-order valence-electron chi connectivity index (χ3n) is 4.02. The summed E-state index contributed by atoms with van der Waals surface area (Å²) in [6.45, 7) is 0. The van der Waals surface area contributed by atoms with Crippen molar-refractivity contribution in [1.82, 2.24) is 0 Å². The van der Waals surface area contributed by atoms with Crippen molar-refractivity contribution in [3.63, 3.8) is 0 Å². The van der Waals surface area contributed by atoms with Crippen molar-refractivity contribution in [2.45, 2.75) is 12.3 Å². The van der Waals surface area contributed by atoms with E-state index in [1.54, 1.807) is 0 Å². The van der Waals surface area contributed by atoms with Crippen LogP contribution in [0.5, 0.6) is 0 Å². The van der Waals surface area contributed by atoms with Gasteiger partial charge in [-0.05, 0) is 17.7 Å². The third-order valence-corrected chi connectivity index (χ3v) is 5.16. The van der Waals surface area contributed by atoms with Gasteiger partial charge >= 0.3 is 0 Å². The zero-order valence-corrected chi connectivity index (χ0v) is 11.4. The van der Waals surface area contributed by atoms with E-state index in [0.717, 1.165) is 12.1 Å². The van der Waals surface area contributed by atoms with Gasteiger partial charge in [-0.15, -0.1) is 11.3 Å².